The maximum atomic E-state index is 12.3. The van der Waals surface area contributed by atoms with E-state index in [1.165, 1.54) is 0 Å². The number of ketones is 1. The van der Waals surface area contributed by atoms with Crippen LogP contribution in [-0.4, -0.2) is 29.1 Å². The maximum absolute atomic E-state index is 12.3. The number of hydrogen-bond acceptors (Lipinski definition) is 4. The molecule has 0 aromatic rings. The quantitative estimate of drug-likeness (QED) is 0.531. The second-order valence-corrected chi connectivity index (χ2v) is 6.63. The smallest absolute Gasteiger partial charge is 0.334 e. The minimum Gasteiger partial charge on any atom is -0.458 e. The average Bonchev–Trinajstić information content (AvgIpc) is 2.68. The zero-order valence-corrected chi connectivity index (χ0v) is 11.4. The number of hydrogen-bond donors (Lipinski definition) is 1. The molecule has 19 heavy (non-hydrogen) atoms. The van der Waals surface area contributed by atoms with Crippen LogP contribution in [0.4, 0.5) is 0 Å². The molecule has 1 N–H and O–H groups in total. The van der Waals surface area contributed by atoms with Gasteiger partial charge in [0.25, 0.3) is 0 Å². The first kappa shape index (κ1) is 12.9. The van der Waals surface area contributed by atoms with Crippen LogP contribution in [0.5, 0.6) is 0 Å². The third-order valence-electron chi connectivity index (χ3n) is 5.51. The number of ether oxygens (including phenoxy) is 1. The van der Waals surface area contributed by atoms with Crippen molar-refractivity contribution in [3.8, 4) is 0 Å². The van der Waals surface area contributed by atoms with Gasteiger partial charge in [0.2, 0.25) is 0 Å². The molecule has 3 aliphatic rings. The van der Waals surface area contributed by atoms with Gasteiger partial charge in [0.05, 0.1) is 0 Å². The summed E-state index contributed by atoms with van der Waals surface area (Å²) in [6.07, 6.45) is 0.891. The van der Waals surface area contributed by atoms with Crippen LogP contribution in [0.1, 0.15) is 33.1 Å². The van der Waals surface area contributed by atoms with Crippen LogP contribution in [0, 0.1) is 23.2 Å². The molecule has 104 valence electrons. The van der Waals surface area contributed by atoms with Crippen LogP contribution in [0.3, 0.4) is 0 Å². The average molecular weight is 264 g/mol. The van der Waals surface area contributed by atoms with Gasteiger partial charge in [0.1, 0.15) is 12.2 Å². The van der Waals surface area contributed by atoms with Crippen molar-refractivity contribution in [1.29, 1.82) is 0 Å². The van der Waals surface area contributed by atoms with Crippen molar-refractivity contribution in [2.75, 3.05) is 0 Å². The third-order valence-corrected chi connectivity index (χ3v) is 5.51. The van der Waals surface area contributed by atoms with E-state index in [0.29, 0.717) is 18.4 Å². The number of carbonyl (C=O) groups is 2. The first-order valence-electron chi connectivity index (χ1n) is 6.96. The Morgan fingerprint density at radius 2 is 2.05 bits per heavy atom. The lowest BCUT2D eigenvalue weighted by Crippen LogP contribution is -2.35. The van der Waals surface area contributed by atoms with Crippen molar-refractivity contribution in [2.45, 2.75) is 45.3 Å². The van der Waals surface area contributed by atoms with Gasteiger partial charge in [0.15, 0.2) is 5.78 Å². The summed E-state index contributed by atoms with van der Waals surface area (Å²) in [5, 5.41) is 9.89. The summed E-state index contributed by atoms with van der Waals surface area (Å²) < 4.78 is 5.39. The van der Waals surface area contributed by atoms with Crippen molar-refractivity contribution < 1.29 is 19.4 Å². The molecular formula is C15H20O4. The Bertz CT molecular complexity index is 469. The van der Waals surface area contributed by atoms with Crippen molar-refractivity contribution in [3.63, 3.8) is 0 Å². The highest BCUT2D eigenvalue weighted by molar-refractivity contribution is 5.93. The van der Waals surface area contributed by atoms with E-state index in [-0.39, 0.29) is 35.6 Å². The molecule has 6 atom stereocenters. The van der Waals surface area contributed by atoms with Crippen LogP contribution in [0.2, 0.25) is 0 Å². The van der Waals surface area contributed by atoms with Crippen LogP contribution < -0.4 is 0 Å². The molecule has 0 aromatic carbocycles. The highest BCUT2D eigenvalue weighted by Gasteiger charge is 2.58. The first-order valence-corrected chi connectivity index (χ1v) is 6.96. The lowest BCUT2D eigenvalue weighted by atomic mass is 9.70. The second kappa shape index (κ2) is 3.92. The molecule has 2 saturated carbocycles. The largest absolute Gasteiger partial charge is 0.458 e. The van der Waals surface area contributed by atoms with E-state index >= 15 is 0 Å². The van der Waals surface area contributed by atoms with E-state index < -0.39 is 11.5 Å². The van der Waals surface area contributed by atoms with E-state index in [9.17, 15) is 14.7 Å². The van der Waals surface area contributed by atoms with E-state index in [4.69, 9.17) is 4.74 Å². The van der Waals surface area contributed by atoms with Crippen molar-refractivity contribution in [2.24, 2.45) is 23.2 Å². The maximum Gasteiger partial charge on any atom is 0.334 e. The fourth-order valence-electron chi connectivity index (χ4n) is 4.41. The zero-order chi connectivity index (χ0) is 13.9. The van der Waals surface area contributed by atoms with Gasteiger partial charge < -0.3 is 9.84 Å². The van der Waals surface area contributed by atoms with Gasteiger partial charge in [0, 0.05) is 16.9 Å². The molecule has 1 heterocycles. The molecule has 0 spiro atoms. The topological polar surface area (TPSA) is 63.6 Å². The molecule has 0 unspecified atom stereocenters. The first-order chi connectivity index (χ1) is 8.84. The van der Waals surface area contributed by atoms with E-state index in [1.54, 1.807) is 0 Å². The Morgan fingerprint density at radius 1 is 1.37 bits per heavy atom. The Kier molecular flexibility index (Phi) is 2.65. The monoisotopic (exact) mass is 264 g/mol. The van der Waals surface area contributed by atoms with Gasteiger partial charge >= 0.3 is 5.97 Å². The summed E-state index contributed by atoms with van der Waals surface area (Å²) in [6, 6.07) is 0. The SMILES string of the molecule is C=C1C(=O)O[C@H]2C[C@@H](C)[C@@H]3C[C@@H](O)C(=O)[C@@]3(C)C[C@H]12. The predicted octanol–water partition coefficient (Wildman–Crippen LogP) is 1.47. The van der Waals surface area contributed by atoms with Gasteiger partial charge in [-0.15, -0.1) is 0 Å². The predicted molar refractivity (Wildman–Crippen MR) is 68.1 cm³/mol. The molecule has 2 aliphatic carbocycles. The molecule has 3 fully saturated rings. The number of carbonyl (C=O) groups excluding carboxylic acids is 2. The number of fused-ring (bicyclic) bond motifs is 2. The molecule has 1 saturated heterocycles. The van der Waals surface area contributed by atoms with Gasteiger partial charge in [-0.3, -0.25) is 4.79 Å². The summed E-state index contributed by atoms with van der Waals surface area (Å²) in [7, 11) is 0. The minimum absolute atomic E-state index is 0.0702. The molecule has 0 aromatic heterocycles. The van der Waals surface area contributed by atoms with Crippen LogP contribution in [-0.2, 0) is 14.3 Å². The lowest BCUT2D eigenvalue weighted by Gasteiger charge is -2.32. The Morgan fingerprint density at radius 3 is 2.74 bits per heavy atom. The summed E-state index contributed by atoms with van der Waals surface area (Å²) >= 11 is 0. The highest BCUT2D eigenvalue weighted by Crippen LogP contribution is 2.55. The standard InChI is InChI=1S/C15H20O4/c1-7-4-12-9(8(2)14(18)19-12)6-15(3)10(7)5-11(16)13(15)17/h7,9-12,16H,2,4-6H2,1,3H3/t7-,9-,10+,11-,12+,15+/m1/s1. The third kappa shape index (κ3) is 1.62. The number of aliphatic hydroxyl groups is 1. The summed E-state index contributed by atoms with van der Waals surface area (Å²) in [5.74, 6) is -0.0292. The fourth-order valence-corrected chi connectivity index (χ4v) is 4.41. The molecule has 3 rings (SSSR count). The van der Waals surface area contributed by atoms with Crippen LogP contribution >= 0.6 is 0 Å². The van der Waals surface area contributed by atoms with Gasteiger partial charge in [-0.2, -0.15) is 0 Å². The Balaban J connectivity index is 1.99. The molecule has 1 aliphatic heterocycles. The van der Waals surface area contributed by atoms with Gasteiger partial charge in [-0.25, -0.2) is 4.79 Å². The zero-order valence-electron chi connectivity index (χ0n) is 11.4. The number of Topliss-reactive ketones (excluding diaryl/α,β-unsaturated/α-hetero) is 1. The van der Waals surface area contributed by atoms with Crippen molar-refractivity contribution >= 4 is 11.8 Å². The summed E-state index contributed by atoms with van der Waals surface area (Å²) in [5.41, 5.74) is -0.0527. The Hall–Kier alpha value is -1.16. The molecule has 4 nitrogen and oxygen atoms in total. The lowest BCUT2D eigenvalue weighted by molar-refractivity contribution is -0.139. The summed E-state index contributed by atoms with van der Waals surface area (Å²) in [6.45, 7) is 7.85. The molecular weight excluding hydrogens is 244 g/mol. The second-order valence-electron chi connectivity index (χ2n) is 6.63. The van der Waals surface area contributed by atoms with Crippen LogP contribution in [0.25, 0.3) is 0 Å². The summed E-state index contributed by atoms with van der Waals surface area (Å²) in [4.78, 5) is 24.0. The minimum atomic E-state index is -0.847. The number of rotatable bonds is 0. The van der Waals surface area contributed by atoms with Gasteiger partial charge in [-0.1, -0.05) is 20.4 Å². The number of aliphatic hydroxyl groups excluding tert-OH is 1. The Labute approximate surface area is 112 Å². The highest BCUT2D eigenvalue weighted by atomic mass is 16.6. The normalized spacial score (nSPS) is 49.6. The van der Waals surface area contributed by atoms with E-state index in [1.807, 2.05) is 6.92 Å². The molecule has 0 radical (unpaired) electrons. The molecule has 0 amide bonds. The fraction of sp³-hybridized carbons (Fsp3) is 0.733. The number of esters is 1. The molecule has 0 bridgehead atoms. The van der Waals surface area contributed by atoms with Crippen LogP contribution in [0.15, 0.2) is 12.2 Å². The van der Waals surface area contributed by atoms with Crippen molar-refractivity contribution in [3.05, 3.63) is 12.2 Å². The van der Waals surface area contributed by atoms with Crippen molar-refractivity contribution in [1.82, 2.24) is 0 Å². The van der Waals surface area contributed by atoms with E-state index in [0.717, 1.165) is 6.42 Å². The van der Waals surface area contributed by atoms with Gasteiger partial charge in [-0.05, 0) is 31.1 Å². The van der Waals surface area contributed by atoms with E-state index in [2.05, 4.69) is 13.5 Å². The molecule has 4 heteroatoms.